The van der Waals surface area contributed by atoms with Crippen LogP contribution in [0.4, 0.5) is 21.5 Å². The third kappa shape index (κ3) is 7.22. The van der Waals surface area contributed by atoms with E-state index in [1.165, 1.54) is 12.1 Å². The number of nitrogens with zero attached hydrogens (tertiary/aromatic N) is 1. The molecule has 6 nitrogen and oxygen atoms in total. The molecule has 0 radical (unpaired) electrons. The van der Waals surface area contributed by atoms with Crippen molar-refractivity contribution in [2.24, 2.45) is 0 Å². The third-order valence-electron chi connectivity index (χ3n) is 4.67. The smallest absolute Gasteiger partial charge is 0.293 e. The number of piperazine rings is 1. The quantitative estimate of drug-likeness (QED) is 0.510. The van der Waals surface area contributed by atoms with Crippen LogP contribution in [0.3, 0.4) is 0 Å². The van der Waals surface area contributed by atoms with Crippen molar-refractivity contribution in [3.8, 4) is 0 Å². The van der Waals surface area contributed by atoms with Crippen LogP contribution in [0.15, 0.2) is 36.4 Å². The number of aryl methyl sites for hydroxylation is 1. The van der Waals surface area contributed by atoms with Gasteiger partial charge in [0.25, 0.3) is 6.47 Å². The molecule has 0 unspecified atom stereocenters. The summed E-state index contributed by atoms with van der Waals surface area (Å²) >= 11 is 0. The van der Waals surface area contributed by atoms with Crippen LogP contribution in [0.5, 0.6) is 0 Å². The fourth-order valence-corrected chi connectivity index (χ4v) is 3.07. The summed E-state index contributed by atoms with van der Waals surface area (Å²) in [5.41, 5.74) is 11.1. The number of hydrogen-bond donors (Lipinski definition) is 3. The van der Waals surface area contributed by atoms with Crippen molar-refractivity contribution in [3.63, 3.8) is 0 Å². The van der Waals surface area contributed by atoms with Crippen LogP contribution >= 0.6 is 0 Å². The van der Waals surface area contributed by atoms with Crippen LogP contribution in [0, 0.1) is 12.7 Å². The van der Waals surface area contributed by atoms with Crippen molar-refractivity contribution >= 4 is 23.5 Å². The number of carbonyl (C=O) groups is 1. The lowest BCUT2D eigenvalue weighted by molar-refractivity contribution is -0.138. The van der Waals surface area contributed by atoms with E-state index in [-0.39, 0.29) is 11.4 Å². The minimum absolute atomic E-state index is 0.217. The molecule has 0 spiro atoms. The Labute approximate surface area is 178 Å². The Morgan fingerprint density at radius 2 is 1.80 bits per heavy atom. The SMILES string of the molecule is CC(C)(C)OC=O.Cc1ccc(N2CCNCC2)c(N)c1NCc1ccc(F)cc1. The molecule has 2 aromatic rings. The first-order valence-electron chi connectivity index (χ1n) is 10.2. The van der Waals surface area contributed by atoms with Gasteiger partial charge >= 0.3 is 0 Å². The Bertz CT molecular complexity index is 813. The average Bonchev–Trinajstić information content (AvgIpc) is 2.69. The number of nitrogens with two attached hydrogens (primary N) is 1. The molecule has 1 fully saturated rings. The second-order valence-corrected chi connectivity index (χ2v) is 8.23. The Morgan fingerprint density at radius 3 is 2.33 bits per heavy atom. The zero-order chi connectivity index (χ0) is 22.1. The van der Waals surface area contributed by atoms with Gasteiger partial charge in [-0.25, -0.2) is 4.39 Å². The molecule has 1 saturated heterocycles. The van der Waals surface area contributed by atoms with Crippen LogP contribution in [0.1, 0.15) is 31.9 Å². The highest BCUT2D eigenvalue weighted by molar-refractivity contribution is 5.83. The second kappa shape index (κ2) is 10.8. The van der Waals surface area contributed by atoms with E-state index in [0.717, 1.165) is 54.4 Å². The number of rotatable bonds is 5. The van der Waals surface area contributed by atoms with E-state index in [0.29, 0.717) is 13.0 Å². The summed E-state index contributed by atoms with van der Waals surface area (Å²) in [6, 6.07) is 10.7. The number of nitrogen functional groups attached to an aromatic ring is 1. The van der Waals surface area contributed by atoms with Crippen molar-refractivity contribution in [2.45, 2.75) is 39.8 Å². The minimum atomic E-state index is -0.318. The van der Waals surface area contributed by atoms with Gasteiger partial charge in [-0.15, -0.1) is 0 Å². The van der Waals surface area contributed by atoms with Crippen molar-refractivity contribution in [1.82, 2.24) is 5.32 Å². The molecule has 0 aliphatic carbocycles. The highest BCUT2D eigenvalue weighted by Gasteiger charge is 2.16. The van der Waals surface area contributed by atoms with Gasteiger partial charge in [0.05, 0.1) is 17.1 Å². The number of benzene rings is 2. The van der Waals surface area contributed by atoms with Gasteiger partial charge in [0.15, 0.2) is 0 Å². The molecular formula is C23H33FN4O2. The number of carbonyl (C=O) groups excluding carboxylic acids is 1. The van der Waals surface area contributed by atoms with Gasteiger partial charge in [-0.2, -0.15) is 0 Å². The van der Waals surface area contributed by atoms with E-state index < -0.39 is 0 Å². The van der Waals surface area contributed by atoms with E-state index in [4.69, 9.17) is 5.73 Å². The monoisotopic (exact) mass is 416 g/mol. The summed E-state index contributed by atoms with van der Waals surface area (Å²) in [6.45, 7) is 12.5. The Hall–Kier alpha value is -2.80. The molecule has 164 valence electrons. The van der Waals surface area contributed by atoms with Gasteiger partial charge in [-0.3, -0.25) is 4.79 Å². The van der Waals surface area contributed by atoms with Crippen molar-refractivity contribution in [1.29, 1.82) is 0 Å². The molecule has 1 heterocycles. The molecule has 1 aliphatic heterocycles. The summed E-state index contributed by atoms with van der Waals surface area (Å²) in [5.74, 6) is -0.217. The molecular weight excluding hydrogens is 383 g/mol. The number of ether oxygens (including phenoxy) is 1. The maximum Gasteiger partial charge on any atom is 0.293 e. The van der Waals surface area contributed by atoms with Crippen LogP contribution in [-0.4, -0.2) is 38.3 Å². The number of hydrogen-bond acceptors (Lipinski definition) is 6. The van der Waals surface area contributed by atoms with Gasteiger partial charge < -0.3 is 26.0 Å². The molecule has 0 atom stereocenters. The van der Waals surface area contributed by atoms with Gasteiger partial charge in [0.1, 0.15) is 11.4 Å². The predicted octanol–water partition coefficient (Wildman–Crippen LogP) is 3.70. The molecule has 0 aromatic heterocycles. The summed E-state index contributed by atoms with van der Waals surface area (Å²) < 4.78 is 17.5. The number of anilines is 3. The van der Waals surface area contributed by atoms with E-state index in [1.54, 1.807) is 12.1 Å². The maximum absolute atomic E-state index is 13.0. The summed E-state index contributed by atoms with van der Waals surface area (Å²) in [7, 11) is 0. The van der Waals surface area contributed by atoms with Crippen molar-refractivity contribution < 1.29 is 13.9 Å². The third-order valence-corrected chi connectivity index (χ3v) is 4.67. The average molecular weight is 417 g/mol. The predicted molar refractivity (Wildman–Crippen MR) is 121 cm³/mol. The maximum atomic E-state index is 13.0. The second-order valence-electron chi connectivity index (χ2n) is 8.23. The lowest BCUT2D eigenvalue weighted by atomic mass is 10.1. The summed E-state index contributed by atoms with van der Waals surface area (Å²) in [5, 5.41) is 6.76. The molecule has 7 heteroatoms. The molecule has 4 N–H and O–H groups in total. The first-order valence-corrected chi connectivity index (χ1v) is 10.2. The fourth-order valence-electron chi connectivity index (χ4n) is 3.07. The zero-order valence-corrected chi connectivity index (χ0v) is 18.3. The molecule has 0 amide bonds. The molecule has 0 saturated carbocycles. The van der Waals surface area contributed by atoms with Gasteiger partial charge in [-0.1, -0.05) is 18.2 Å². The number of halogens is 1. The van der Waals surface area contributed by atoms with Crippen LogP contribution < -0.4 is 21.3 Å². The fraction of sp³-hybridized carbons (Fsp3) is 0.435. The standard InChI is InChI=1S/C18H23FN4.C5H10O2/c1-13-2-7-16(23-10-8-21-9-11-23)17(20)18(13)22-12-14-3-5-15(19)6-4-14;1-5(2,3)7-4-6/h2-7,21-22H,8-12,20H2,1H3;4H,1-3H3. The highest BCUT2D eigenvalue weighted by Crippen LogP contribution is 2.34. The first kappa shape index (κ1) is 23.5. The normalized spacial score (nSPS) is 13.8. The molecule has 0 bridgehead atoms. The van der Waals surface area contributed by atoms with Gasteiger partial charge in [0.2, 0.25) is 0 Å². The zero-order valence-electron chi connectivity index (χ0n) is 18.3. The highest BCUT2D eigenvalue weighted by atomic mass is 19.1. The van der Waals surface area contributed by atoms with Crippen LogP contribution in [0.2, 0.25) is 0 Å². The molecule has 30 heavy (non-hydrogen) atoms. The van der Waals surface area contributed by atoms with E-state index >= 15 is 0 Å². The topological polar surface area (TPSA) is 79.6 Å². The molecule has 2 aromatic carbocycles. The Balaban J connectivity index is 0.000000396. The van der Waals surface area contributed by atoms with Crippen molar-refractivity contribution in [3.05, 3.63) is 53.3 Å². The van der Waals surface area contributed by atoms with Crippen molar-refractivity contribution in [2.75, 3.05) is 42.1 Å². The van der Waals surface area contributed by atoms with E-state index in [1.807, 2.05) is 27.7 Å². The molecule has 3 rings (SSSR count). The lowest BCUT2D eigenvalue weighted by Crippen LogP contribution is -2.43. The lowest BCUT2D eigenvalue weighted by Gasteiger charge is -2.31. The van der Waals surface area contributed by atoms with E-state index in [2.05, 4.69) is 32.4 Å². The van der Waals surface area contributed by atoms with Gasteiger partial charge in [-0.05, 0) is 57.0 Å². The Kier molecular flexibility index (Phi) is 8.47. The minimum Gasteiger partial charge on any atom is -0.462 e. The first-order chi connectivity index (χ1) is 14.2. The van der Waals surface area contributed by atoms with Crippen LogP contribution in [-0.2, 0) is 16.1 Å². The molecule has 1 aliphatic rings. The number of nitrogens with one attached hydrogen (secondary N) is 2. The van der Waals surface area contributed by atoms with Crippen LogP contribution in [0.25, 0.3) is 0 Å². The summed E-state index contributed by atoms with van der Waals surface area (Å²) in [6.07, 6.45) is 0. The Morgan fingerprint density at radius 1 is 1.17 bits per heavy atom. The van der Waals surface area contributed by atoms with E-state index in [9.17, 15) is 9.18 Å². The largest absolute Gasteiger partial charge is 0.462 e. The summed E-state index contributed by atoms with van der Waals surface area (Å²) in [4.78, 5) is 11.9. The van der Waals surface area contributed by atoms with Gasteiger partial charge in [0, 0.05) is 32.7 Å².